The van der Waals surface area contributed by atoms with Crippen LogP contribution in [-0.2, 0) is 0 Å². The molecule has 2 aromatic rings. The van der Waals surface area contributed by atoms with Gasteiger partial charge >= 0.3 is 0 Å². The highest BCUT2D eigenvalue weighted by molar-refractivity contribution is 6.01. The summed E-state index contributed by atoms with van der Waals surface area (Å²) in [7, 11) is 3.53. The molecule has 0 saturated heterocycles. The summed E-state index contributed by atoms with van der Waals surface area (Å²) in [6, 6.07) is 15.1. The SMILES string of the molecule is CNC(=O)c1ccc(N)cc1N(C)c1ccccc1. The lowest BCUT2D eigenvalue weighted by Crippen LogP contribution is -2.22. The molecule has 0 spiro atoms. The molecule has 3 N–H and O–H groups in total. The Bertz CT molecular complexity index is 581. The first-order chi connectivity index (χ1) is 9.13. The Morgan fingerprint density at radius 3 is 2.47 bits per heavy atom. The van der Waals surface area contributed by atoms with Gasteiger partial charge in [0.05, 0.1) is 11.3 Å². The van der Waals surface area contributed by atoms with Crippen molar-refractivity contribution in [1.29, 1.82) is 0 Å². The van der Waals surface area contributed by atoms with Crippen molar-refractivity contribution in [2.45, 2.75) is 0 Å². The van der Waals surface area contributed by atoms with Crippen LogP contribution >= 0.6 is 0 Å². The Hall–Kier alpha value is -2.49. The van der Waals surface area contributed by atoms with E-state index in [4.69, 9.17) is 5.73 Å². The van der Waals surface area contributed by atoms with E-state index in [1.807, 2.05) is 42.3 Å². The topological polar surface area (TPSA) is 58.4 Å². The van der Waals surface area contributed by atoms with Crippen LogP contribution in [0, 0.1) is 0 Å². The molecule has 4 nitrogen and oxygen atoms in total. The van der Waals surface area contributed by atoms with Crippen LogP contribution in [0.15, 0.2) is 48.5 Å². The average molecular weight is 255 g/mol. The first-order valence-electron chi connectivity index (χ1n) is 6.04. The van der Waals surface area contributed by atoms with E-state index < -0.39 is 0 Å². The molecule has 0 heterocycles. The predicted octanol–water partition coefficient (Wildman–Crippen LogP) is 2.40. The number of benzene rings is 2. The molecule has 0 unspecified atom stereocenters. The van der Waals surface area contributed by atoms with Crippen LogP contribution in [0.1, 0.15) is 10.4 Å². The molecular formula is C15H17N3O. The fourth-order valence-corrected chi connectivity index (χ4v) is 1.94. The van der Waals surface area contributed by atoms with Crippen LogP contribution in [0.5, 0.6) is 0 Å². The number of hydrogen-bond acceptors (Lipinski definition) is 3. The molecule has 1 amide bonds. The standard InChI is InChI=1S/C15H17N3O/c1-17-15(19)13-9-8-11(16)10-14(13)18(2)12-6-4-3-5-7-12/h3-10H,16H2,1-2H3,(H,17,19). The lowest BCUT2D eigenvalue weighted by molar-refractivity contribution is 0.0963. The molecule has 0 radical (unpaired) electrons. The Morgan fingerprint density at radius 1 is 1.16 bits per heavy atom. The minimum Gasteiger partial charge on any atom is -0.399 e. The van der Waals surface area contributed by atoms with E-state index >= 15 is 0 Å². The number of nitrogen functional groups attached to an aromatic ring is 1. The molecule has 0 bridgehead atoms. The number of para-hydroxylation sites is 1. The van der Waals surface area contributed by atoms with Crippen molar-refractivity contribution in [3.05, 3.63) is 54.1 Å². The highest BCUT2D eigenvalue weighted by atomic mass is 16.1. The number of hydrogen-bond donors (Lipinski definition) is 2. The summed E-state index contributed by atoms with van der Waals surface area (Å²) in [5, 5.41) is 2.64. The van der Waals surface area contributed by atoms with Crippen LogP contribution in [-0.4, -0.2) is 20.0 Å². The van der Waals surface area contributed by atoms with Gasteiger partial charge in [-0.05, 0) is 30.3 Å². The molecule has 0 fully saturated rings. The molecule has 0 aromatic heterocycles. The van der Waals surface area contributed by atoms with E-state index in [0.717, 1.165) is 11.4 Å². The number of anilines is 3. The van der Waals surface area contributed by atoms with Gasteiger partial charge in [-0.1, -0.05) is 18.2 Å². The Labute approximate surface area is 112 Å². The fourth-order valence-electron chi connectivity index (χ4n) is 1.94. The number of rotatable bonds is 3. The molecule has 2 rings (SSSR count). The molecule has 2 aromatic carbocycles. The van der Waals surface area contributed by atoms with Crippen molar-refractivity contribution < 1.29 is 4.79 Å². The summed E-state index contributed by atoms with van der Waals surface area (Å²) in [6.45, 7) is 0. The van der Waals surface area contributed by atoms with Crippen LogP contribution in [0.3, 0.4) is 0 Å². The zero-order chi connectivity index (χ0) is 13.8. The molecule has 0 atom stereocenters. The Balaban J connectivity index is 2.49. The first kappa shape index (κ1) is 13.0. The maximum atomic E-state index is 11.9. The zero-order valence-electron chi connectivity index (χ0n) is 11.1. The third-order valence-electron chi connectivity index (χ3n) is 3.00. The largest absolute Gasteiger partial charge is 0.399 e. The molecule has 0 aliphatic carbocycles. The number of amides is 1. The van der Waals surface area contributed by atoms with Crippen LogP contribution < -0.4 is 16.0 Å². The summed E-state index contributed by atoms with van der Waals surface area (Å²) < 4.78 is 0. The molecular weight excluding hydrogens is 238 g/mol. The molecule has 0 aliphatic heterocycles. The maximum absolute atomic E-state index is 11.9. The van der Waals surface area contributed by atoms with Gasteiger partial charge in [-0.25, -0.2) is 0 Å². The van der Waals surface area contributed by atoms with Crippen molar-refractivity contribution in [1.82, 2.24) is 5.32 Å². The van der Waals surface area contributed by atoms with Gasteiger partial charge < -0.3 is 16.0 Å². The second-order valence-corrected chi connectivity index (χ2v) is 4.25. The number of nitrogens with one attached hydrogen (secondary N) is 1. The summed E-state index contributed by atoms with van der Waals surface area (Å²) in [4.78, 5) is 13.8. The van der Waals surface area contributed by atoms with Gasteiger partial charge in [-0.3, -0.25) is 4.79 Å². The summed E-state index contributed by atoms with van der Waals surface area (Å²) in [5.74, 6) is -0.127. The number of nitrogens with zero attached hydrogens (tertiary/aromatic N) is 1. The number of carbonyl (C=O) groups excluding carboxylic acids is 1. The summed E-state index contributed by atoms with van der Waals surface area (Å²) in [5.41, 5.74) is 8.84. The average Bonchev–Trinajstić information content (AvgIpc) is 2.46. The smallest absolute Gasteiger partial charge is 0.253 e. The van der Waals surface area contributed by atoms with Crippen molar-refractivity contribution in [2.24, 2.45) is 0 Å². The van der Waals surface area contributed by atoms with Crippen molar-refractivity contribution in [2.75, 3.05) is 24.7 Å². The molecule has 98 valence electrons. The third kappa shape index (κ3) is 2.68. The zero-order valence-corrected chi connectivity index (χ0v) is 11.1. The maximum Gasteiger partial charge on any atom is 0.253 e. The first-order valence-corrected chi connectivity index (χ1v) is 6.04. The second kappa shape index (κ2) is 5.44. The molecule has 4 heteroatoms. The van der Waals surface area contributed by atoms with Crippen molar-refractivity contribution in [3.63, 3.8) is 0 Å². The van der Waals surface area contributed by atoms with Gasteiger partial charge in [0, 0.05) is 25.5 Å². The van der Waals surface area contributed by atoms with Gasteiger partial charge in [0.2, 0.25) is 0 Å². The van der Waals surface area contributed by atoms with Crippen LogP contribution in [0.4, 0.5) is 17.1 Å². The quantitative estimate of drug-likeness (QED) is 0.828. The Kier molecular flexibility index (Phi) is 3.71. The Morgan fingerprint density at radius 2 is 1.84 bits per heavy atom. The molecule has 0 aliphatic rings. The van der Waals surface area contributed by atoms with E-state index in [-0.39, 0.29) is 5.91 Å². The third-order valence-corrected chi connectivity index (χ3v) is 3.00. The summed E-state index contributed by atoms with van der Waals surface area (Å²) in [6.07, 6.45) is 0. The van der Waals surface area contributed by atoms with Gasteiger partial charge in [0.25, 0.3) is 5.91 Å². The fraction of sp³-hybridized carbons (Fsp3) is 0.133. The summed E-state index contributed by atoms with van der Waals surface area (Å²) >= 11 is 0. The molecule has 19 heavy (non-hydrogen) atoms. The minimum atomic E-state index is -0.127. The molecule has 0 saturated carbocycles. The van der Waals surface area contributed by atoms with E-state index in [1.165, 1.54) is 0 Å². The van der Waals surface area contributed by atoms with E-state index in [9.17, 15) is 4.79 Å². The second-order valence-electron chi connectivity index (χ2n) is 4.25. The lowest BCUT2D eigenvalue weighted by atomic mass is 10.1. The highest BCUT2D eigenvalue weighted by Crippen LogP contribution is 2.28. The monoisotopic (exact) mass is 255 g/mol. The minimum absolute atomic E-state index is 0.127. The van der Waals surface area contributed by atoms with Gasteiger partial charge in [0.1, 0.15) is 0 Å². The van der Waals surface area contributed by atoms with Crippen LogP contribution in [0.2, 0.25) is 0 Å². The van der Waals surface area contributed by atoms with E-state index in [2.05, 4.69) is 5.32 Å². The number of nitrogens with two attached hydrogens (primary N) is 1. The highest BCUT2D eigenvalue weighted by Gasteiger charge is 2.14. The van der Waals surface area contributed by atoms with Gasteiger partial charge in [-0.15, -0.1) is 0 Å². The van der Waals surface area contributed by atoms with Gasteiger partial charge in [-0.2, -0.15) is 0 Å². The van der Waals surface area contributed by atoms with Gasteiger partial charge in [0.15, 0.2) is 0 Å². The van der Waals surface area contributed by atoms with E-state index in [1.54, 1.807) is 25.2 Å². The van der Waals surface area contributed by atoms with Crippen molar-refractivity contribution >= 4 is 23.0 Å². The normalized spacial score (nSPS) is 10.0. The number of carbonyl (C=O) groups is 1. The predicted molar refractivity (Wildman–Crippen MR) is 78.7 cm³/mol. The van der Waals surface area contributed by atoms with E-state index in [0.29, 0.717) is 11.3 Å². The lowest BCUT2D eigenvalue weighted by Gasteiger charge is -2.22. The van der Waals surface area contributed by atoms with Crippen LogP contribution in [0.25, 0.3) is 0 Å². The van der Waals surface area contributed by atoms with Crippen molar-refractivity contribution in [3.8, 4) is 0 Å².